The van der Waals surface area contributed by atoms with Crippen LogP contribution in [0.15, 0.2) is 12.1 Å². The maximum Gasteiger partial charge on any atom is 0.323 e. The number of carbonyl (C=O) groups is 2. The Kier molecular flexibility index (Phi) is 13.8. The van der Waals surface area contributed by atoms with Crippen LogP contribution in [0.3, 0.4) is 0 Å². The van der Waals surface area contributed by atoms with Crippen LogP contribution in [0.1, 0.15) is 192 Å². The van der Waals surface area contributed by atoms with Crippen LogP contribution in [0.25, 0.3) is 0 Å². The zero-order valence-corrected chi connectivity index (χ0v) is 37.3. The number of nitrogens with zero attached hydrogens (tertiary/aromatic N) is 2. The van der Waals surface area contributed by atoms with Crippen molar-refractivity contribution in [2.45, 2.75) is 227 Å². The molecule has 1 aromatic carbocycles. The maximum atomic E-state index is 14.7. The Bertz CT molecular complexity index is 1290. The fraction of sp³-hybridized carbons (Fsp3) is 0.826. The number of piperidine rings is 2. The van der Waals surface area contributed by atoms with Crippen molar-refractivity contribution in [1.29, 1.82) is 0 Å². The van der Waals surface area contributed by atoms with Crippen molar-refractivity contribution in [1.82, 2.24) is 9.80 Å². The minimum absolute atomic E-state index is 0.157. The molecule has 1 N–H and O–H groups in total. The lowest BCUT2D eigenvalue weighted by Gasteiger charge is -2.55. The number of benzene rings is 1. The lowest BCUT2D eigenvalue weighted by molar-refractivity contribution is -0.189. The van der Waals surface area contributed by atoms with E-state index in [4.69, 9.17) is 9.47 Å². The summed E-state index contributed by atoms with van der Waals surface area (Å²) in [7, 11) is 0. The summed E-state index contributed by atoms with van der Waals surface area (Å²) in [5.41, 5.74) is 0.397. The number of likely N-dealkylation sites (tertiary alicyclic amines) is 2. The van der Waals surface area contributed by atoms with Crippen molar-refractivity contribution in [3.05, 3.63) is 28.8 Å². The smallest absolute Gasteiger partial charge is 0.323 e. The van der Waals surface area contributed by atoms with Gasteiger partial charge in [0.1, 0.15) is 18.0 Å². The van der Waals surface area contributed by atoms with Gasteiger partial charge in [-0.25, -0.2) is 0 Å². The number of ether oxygens (including phenoxy) is 2. The second kappa shape index (κ2) is 16.2. The highest BCUT2D eigenvalue weighted by Crippen LogP contribution is 2.45. The average Bonchev–Trinajstić information content (AvgIpc) is 2.97. The highest BCUT2D eigenvalue weighted by atomic mass is 16.6. The van der Waals surface area contributed by atoms with E-state index in [-0.39, 0.29) is 45.2 Å². The number of hydrogen-bond acceptors (Lipinski definition) is 7. The lowest BCUT2D eigenvalue weighted by atomic mass is 9.76. The van der Waals surface area contributed by atoms with Crippen LogP contribution in [-0.2, 0) is 36.3 Å². The molecule has 0 amide bonds. The highest BCUT2D eigenvalue weighted by Gasteiger charge is 2.53. The number of rotatable bonds is 13. The molecule has 0 aromatic heterocycles. The molecule has 304 valence electrons. The molecule has 0 aliphatic carbocycles. The Morgan fingerprint density at radius 2 is 1.02 bits per heavy atom. The third kappa shape index (κ3) is 10.2. The SMILES string of the molecule is CCCN1C(C)(C)CC(OC(=O)C(CC)(CCCc2cc(C(C)(C)C)c(O)c(C(C)(C)C)c2)C(=O)OC2CC(C)(C)N(CCC)C(C)(C)C2)CC1(C)C. The molecule has 7 nitrogen and oxygen atoms in total. The minimum atomic E-state index is -1.42. The molecule has 3 rings (SSSR count). The van der Waals surface area contributed by atoms with Crippen molar-refractivity contribution < 1.29 is 24.2 Å². The first-order chi connectivity index (χ1) is 24.1. The molecule has 0 radical (unpaired) electrons. The fourth-order valence-corrected chi connectivity index (χ4v) is 10.1. The molecular formula is C46H80N2O5. The molecule has 2 saturated heterocycles. The van der Waals surface area contributed by atoms with E-state index >= 15 is 0 Å². The monoisotopic (exact) mass is 741 g/mol. The summed E-state index contributed by atoms with van der Waals surface area (Å²) in [6.07, 6.45) is 6.30. The van der Waals surface area contributed by atoms with Gasteiger partial charge < -0.3 is 14.6 Å². The molecule has 53 heavy (non-hydrogen) atoms. The van der Waals surface area contributed by atoms with E-state index in [2.05, 4.69) is 133 Å². The summed E-state index contributed by atoms with van der Waals surface area (Å²) in [6.45, 7) is 39.0. The van der Waals surface area contributed by atoms with Crippen LogP contribution in [0.5, 0.6) is 5.75 Å². The van der Waals surface area contributed by atoms with Gasteiger partial charge in [0.25, 0.3) is 0 Å². The second-order valence-corrected chi connectivity index (χ2v) is 21.3. The first-order valence-electron chi connectivity index (χ1n) is 20.9. The van der Waals surface area contributed by atoms with E-state index < -0.39 is 17.4 Å². The number of carbonyl (C=O) groups excluding carboxylic acids is 2. The third-order valence-corrected chi connectivity index (χ3v) is 12.5. The number of esters is 2. The van der Waals surface area contributed by atoms with Gasteiger partial charge in [-0.1, -0.05) is 74.4 Å². The minimum Gasteiger partial charge on any atom is -0.507 e. The van der Waals surface area contributed by atoms with Gasteiger partial charge in [0.05, 0.1) is 0 Å². The standard InChI is InChI=1S/C46H80N2O5/c1-18-24-47-42(10,11)28-33(29-43(47,12)13)52-38(50)46(20-3,39(51)53-34-30-44(14,15)48(25-19-2)45(16,17)31-34)23-21-22-32-26-35(40(4,5)6)37(49)36(27-32)41(7,8)9/h26-27,33-34,49H,18-25,28-31H2,1-17H3. The molecule has 0 atom stereocenters. The Balaban J connectivity index is 1.99. The maximum absolute atomic E-state index is 14.7. The van der Waals surface area contributed by atoms with Gasteiger partial charge in [-0.05, 0) is 135 Å². The molecule has 2 fully saturated rings. The molecule has 0 saturated carbocycles. The van der Waals surface area contributed by atoms with Crippen LogP contribution >= 0.6 is 0 Å². The summed E-state index contributed by atoms with van der Waals surface area (Å²) in [5, 5.41) is 11.3. The quantitative estimate of drug-likeness (QED) is 0.159. The average molecular weight is 741 g/mol. The summed E-state index contributed by atoms with van der Waals surface area (Å²) in [4.78, 5) is 34.6. The van der Waals surface area contributed by atoms with Gasteiger partial charge in [-0.2, -0.15) is 0 Å². The molecule has 0 spiro atoms. The van der Waals surface area contributed by atoms with Crippen LogP contribution in [0.2, 0.25) is 0 Å². The zero-order chi connectivity index (χ0) is 40.6. The van der Waals surface area contributed by atoms with Gasteiger partial charge in [0, 0.05) is 47.8 Å². The third-order valence-electron chi connectivity index (χ3n) is 12.5. The van der Waals surface area contributed by atoms with Crippen molar-refractivity contribution >= 4 is 11.9 Å². The summed E-state index contributed by atoms with van der Waals surface area (Å²) in [6, 6.07) is 4.22. The van der Waals surface area contributed by atoms with E-state index in [0.717, 1.165) is 42.6 Å². The molecule has 7 heteroatoms. The van der Waals surface area contributed by atoms with Gasteiger partial charge >= 0.3 is 11.9 Å². The predicted octanol–water partition coefficient (Wildman–Crippen LogP) is 10.7. The fourth-order valence-electron chi connectivity index (χ4n) is 10.1. The van der Waals surface area contributed by atoms with Crippen molar-refractivity contribution in [2.75, 3.05) is 13.1 Å². The number of aryl methyl sites for hydroxylation is 1. The predicted molar refractivity (Wildman–Crippen MR) is 220 cm³/mol. The Labute approximate surface area is 325 Å². The van der Waals surface area contributed by atoms with E-state index in [0.29, 0.717) is 57.1 Å². The molecule has 2 aliphatic rings. The molecule has 0 unspecified atom stereocenters. The lowest BCUT2D eigenvalue weighted by Crippen LogP contribution is -2.63. The molecule has 2 heterocycles. The molecular weight excluding hydrogens is 661 g/mol. The normalized spacial score (nSPS) is 21.4. The number of phenols is 1. The first kappa shape index (κ1) is 45.3. The van der Waals surface area contributed by atoms with Gasteiger partial charge in [0.2, 0.25) is 0 Å². The van der Waals surface area contributed by atoms with Crippen LogP contribution in [-0.4, -0.2) is 74.3 Å². The van der Waals surface area contributed by atoms with Crippen molar-refractivity contribution in [3.8, 4) is 5.75 Å². The first-order valence-corrected chi connectivity index (χ1v) is 20.9. The van der Waals surface area contributed by atoms with Crippen molar-refractivity contribution in [2.24, 2.45) is 5.41 Å². The Hall–Kier alpha value is -2.12. The van der Waals surface area contributed by atoms with Gasteiger partial charge in [-0.3, -0.25) is 19.4 Å². The Morgan fingerprint density at radius 3 is 1.30 bits per heavy atom. The number of phenolic OH excluding ortho intramolecular Hbond substituents is 1. The second-order valence-electron chi connectivity index (χ2n) is 21.3. The largest absolute Gasteiger partial charge is 0.507 e. The van der Waals surface area contributed by atoms with Crippen LogP contribution in [0.4, 0.5) is 0 Å². The van der Waals surface area contributed by atoms with Gasteiger partial charge in [-0.15, -0.1) is 0 Å². The Morgan fingerprint density at radius 1 is 0.679 bits per heavy atom. The summed E-state index contributed by atoms with van der Waals surface area (Å²) >= 11 is 0. The number of aromatic hydroxyl groups is 1. The van der Waals surface area contributed by atoms with E-state index in [9.17, 15) is 14.7 Å². The molecule has 0 bridgehead atoms. The van der Waals surface area contributed by atoms with Crippen molar-refractivity contribution in [3.63, 3.8) is 0 Å². The van der Waals surface area contributed by atoms with E-state index in [1.807, 2.05) is 6.92 Å². The van der Waals surface area contributed by atoms with E-state index in [1.165, 1.54) is 0 Å². The zero-order valence-electron chi connectivity index (χ0n) is 37.3. The molecule has 1 aromatic rings. The summed E-state index contributed by atoms with van der Waals surface area (Å²) in [5.74, 6) is -0.525. The topological polar surface area (TPSA) is 79.3 Å². The van der Waals surface area contributed by atoms with E-state index in [1.54, 1.807) is 0 Å². The summed E-state index contributed by atoms with van der Waals surface area (Å²) < 4.78 is 13.1. The molecule has 2 aliphatic heterocycles. The van der Waals surface area contributed by atoms with Gasteiger partial charge in [0.15, 0.2) is 5.41 Å². The van der Waals surface area contributed by atoms with Crippen LogP contribution in [0, 0.1) is 5.41 Å². The highest BCUT2D eigenvalue weighted by molar-refractivity contribution is 6.00. The number of hydrogen-bond donors (Lipinski definition) is 1. The van der Waals surface area contributed by atoms with Crippen LogP contribution < -0.4 is 0 Å².